The zero-order valence-electron chi connectivity index (χ0n) is 10.5. The topological polar surface area (TPSA) is 40.0 Å². The number of nitrogens with one attached hydrogen (secondary N) is 1. The van der Waals surface area contributed by atoms with Crippen LogP contribution >= 0.6 is 0 Å². The molecule has 0 spiro atoms. The van der Waals surface area contributed by atoms with Crippen molar-refractivity contribution in [1.82, 2.24) is 9.88 Å². The van der Waals surface area contributed by atoms with E-state index in [9.17, 15) is 0 Å². The number of benzene rings is 1. The van der Waals surface area contributed by atoms with E-state index >= 15 is 0 Å². The number of likely N-dealkylation sites (N-methyl/N-ethyl adjacent to an activating group) is 1. The van der Waals surface area contributed by atoms with Gasteiger partial charge >= 0.3 is 0 Å². The Morgan fingerprint density at radius 2 is 1.83 bits per heavy atom. The molecule has 0 radical (unpaired) electrons. The minimum atomic E-state index is 0.548. The van der Waals surface area contributed by atoms with E-state index in [0.717, 1.165) is 24.2 Å². The molecule has 0 bridgehead atoms. The summed E-state index contributed by atoms with van der Waals surface area (Å²) in [5.74, 6) is 0.548. The molecule has 2 rings (SSSR count). The Kier molecular flexibility index (Phi) is 4.07. The first-order valence-corrected chi connectivity index (χ1v) is 6.02. The molecular formula is C15H17N3. The average Bonchev–Trinajstić information content (AvgIpc) is 2.46. The van der Waals surface area contributed by atoms with E-state index in [1.807, 2.05) is 60.5 Å². The fourth-order valence-electron chi connectivity index (χ4n) is 1.76. The monoisotopic (exact) mass is 239 g/mol. The molecule has 18 heavy (non-hydrogen) atoms. The van der Waals surface area contributed by atoms with E-state index in [4.69, 9.17) is 5.41 Å². The quantitative estimate of drug-likeness (QED) is 0.658. The highest BCUT2D eigenvalue weighted by Crippen LogP contribution is 2.04. The van der Waals surface area contributed by atoms with Gasteiger partial charge in [-0.2, -0.15) is 0 Å². The third-order valence-corrected chi connectivity index (χ3v) is 2.86. The summed E-state index contributed by atoms with van der Waals surface area (Å²) in [4.78, 5) is 6.23. The van der Waals surface area contributed by atoms with Crippen molar-refractivity contribution < 1.29 is 0 Å². The maximum atomic E-state index is 8.11. The highest BCUT2D eigenvalue weighted by atomic mass is 15.1. The van der Waals surface area contributed by atoms with Crippen LogP contribution in [0.3, 0.4) is 0 Å². The second-order valence-corrected chi connectivity index (χ2v) is 4.21. The van der Waals surface area contributed by atoms with Gasteiger partial charge in [0.1, 0.15) is 5.84 Å². The second-order valence-electron chi connectivity index (χ2n) is 4.21. The lowest BCUT2D eigenvalue weighted by Crippen LogP contribution is -2.28. The van der Waals surface area contributed by atoms with Gasteiger partial charge in [-0.05, 0) is 12.1 Å². The zero-order chi connectivity index (χ0) is 12.8. The summed E-state index contributed by atoms with van der Waals surface area (Å²) in [7, 11) is 1.94. The fraction of sp³-hybridized carbons (Fsp3) is 0.200. The van der Waals surface area contributed by atoms with Crippen molar-refractivity contribution in [1.29, 1.82) is 5.41 Å². The number of hydrogen-bond donors (Lipinski definition) is 1. The summed E-state index contributed by atoms with van der Waals surface area (Å²) in [6.45, 7) is 0.796. The van der Waals surface area contributed by atoms with Crippen LogP contribution in [0.5, 0.6) is 0 Å². The third-order valence-electron chi connectivity index (χ3n) is 2.86. The van der Waals surface area contributed by atoms with Crippen LogP contribution in [0.15, 0.2) is 54.7 Å². The molecule has 1 aromatic heterocycles. The van der Waals surface area contributed by atoms with Gasteiger partial charge in [0.25, 0.3) is 0 Å². The summed E-state index contributed by atoms with van der Waals surface area (Å²) < 4.78 is 0. The molecule has 1 heterocycles. The predicted octanol–water partition coefficient (Wildman–Crippen LogP) is 2.58. The van der Waals surface area contributed by atoms with Crippen molar-refractivity contribution in [2.75, 3.05) is 13.6 Å². The summed E-state index contributed by atoms with van der Waals surface area (Å²) >= 11 is 0. The predicted molar refractivity (Wildman–Crippen MR) is 73.8 cm³/mol. The summed E-state index contributed by atoms with van der Waals surface area (Å²) in [5, 5.41) is 8.11. The van der Waals surface area contributed by atoms with Crippen LogP contribution in [0.4, 0.5) is 0 Å². The van der Waals surface area contributed by atoms with Crippen LogP contribution in [0.1, 0.15) is 11.3 Å². The summed E-state index contributed by atoms with van der Waals surface area (Å²) in [6.07, 6.45) is 2.66. The molecule has 0 fully saturated rings. The number of aromatic nitrogens is 1. The zero-order valence-corrected chi connectivity index (χ0v) is 10.5. The molecule has 0 aliphatic rings. The van der Waals surface area contributed by atoms with Crippen molar-refractivity contribution in [3.63, 3.8) is 0 Å². The van der Waals surface area contributed by atoms with Crippen LogP contribution in [0.2, 0.25) is 0 Å². The van der Waals surface area contributed by atoms with E-state index in [2.05, 4.69) is 4.98 Å². The first-order chi connectivity index (χ1) is 8.77. The lowest BCUT2D eigenvalue weighted by atomic mass is 10.2. The molecule has 0 saturated heterocycles. The number of hydrogen-bond acceptors (Lipinski definition) is 2. The van der Waals surface area contributed by atoms with Gasteiger partial charge in [0.2, 0.25) is 0 Å². The molecule has 0 aliphatic heterocycles. The minimum absolute atomic E-state index is 0.548. The Morgan fingerprint density at radius 3 is 2.50 bits per heavy atom. The Bertz CT molecular complexity index is 494. The maximum absolute atomic E-state index is 8.11. The van der Waals surface area contributed by atoms with Gasteiger partial charge in [0, 0.05) is 37.5 Å². The Hall–Kier alpha value is -2.16. The molecule has 0 unspecified atom stereocenters. The van der Waals surface area contributed by atoms with Gasteiger partial charge in [0.05, 0.1) is 0 Å². The lowest BCUT2D eigenvalue weighted by Gasteiger charge is -2.19. The molecule has 0 aliphatic carbocycles. The van der Waals surface area contributed by atoms with Crippen LogP contribution in [-0.2, 0) is 6.42 Å². The van der Waals surface area contributed by atoms with Crippen LogP contribution < -0.4 is 0 Å². The van der Waals surface area contributed by atoms with Crippen molar-refractivity contribution >= 4 is 5.84 Å². The normalized spacial score (nSPS) is 10.1. The first-order valence-electron chi connectivity index (χ1n) is 6.02. The Labute approximate surface area is 108 Å². The van der Waals surface area contributed by atoms with E-state index in [0.29, 0.717) is 5.84 Å². The van der Waals surface area contributed by atoms with Gasteiger partial charge in [0.15, 0.2) is 0 Å². The molecule has 2 aromatic rings. The van der Waals surface area contributed by atoms with Crippen molar-refractivity contribution in [3.05, 3.63) is 66.0 Å². The van der Waals surface area contributed by atoms with Gasteiger partial charge in [-0.25, -0.2) is 0 Å². The molecule has 0 amide bonds. The molecule has 1 N–H and O–H groups in total. The minimum Gasteiger partial charge on any atom is -0.359 e. The maximum Gasteiger partial charge on any atom is 0.127 e. The van der Waals surface area contributed by atoms with Crippen molar-refractivity contribution in [2.24, 2.45) is 0 Å². The summed E-state index contributed by atoms with van der Waals surface area (Å²) in [5.41, 5.74) is 2.01. The van der Waals surface area contributed by atoms with E-state index in [1.165, 1.54) is 0 Å². The Balaban J connectivity index is 1.93. The van der Waals surface area contributed by atoms with Crippen LogP contribution in [0.25, 0.3) is 0 Å². The van der Waals surface area contributed by atoms with Gasteiger partial charge in [-0.1, -0.05) is 36.4 Å². The Morgan fingerprint density at radius 1 is 1.11 bits per heavy atom. The highest BCUT2D eigenvalue weighted by molar-refractivity contribution is 5.96. The van der Waals surface area contributed by atoms with E-state index in [-0.39, 0.29) is 0 Å². The van der Waals surface area contributed by atoms with Crippen LogP contribution in [-0.4, -0.2) is 29.3 Å². The van der Waals surface area contributed by atoms with Crippen LogP contribution in [0, 0.1) is 5.41 Å². The lowest BCUT2D eigenvalue weighted by molar-refractivity contribution is 0.503. The first kappa shape index (κ1) is 12.3. The molecule has 92 valence electrons. The van der Waals surface area contributed by atoms with Crippen molar-refractivity contribution in [3.8, 4) is 0 Å². The molecular weight excluding hydrogens is 222 g/mol. The van der Waals surface area contributed by atoms with Gasteiger partial charge < -0.3 is 4.90 Å². The number of pyridine rings is 1. The van der Waals surface area contributed by atoms with Gasteiger partial charge in [-0.15, -0.1) is 0 Å². The third kappa shape index (κ3) is 3.17. The summed E-state index contributed by atoms with van der Waals surface area (Å²) in [6, 6.07) is 15.7. The number of nitrogens with zero attached hydrogens (tertiary/aromatic N) is 2. The smallest absolute Gasteiger partial charge is 0.127 e. The fourth-order valence-corrected chi connectivity index (χ4v) is 1.76. The molecule has 1 aromatic carbocycles. The SMILES string of the molecule is CN(CCc1ccccn1)C(=N)c1ccccc1. The number of amidine groups is 1. The standard InChI is InChI=1S/C15H17N3/c1-18(12-10-14-9-5-6-11-17-14)15(16)13-7-3-2-4-8-13/h2-9,11,16H,10,12H2,1H3. The average molecular weight is 239 g/mol. The van der Waals surface area contributed by atoms with Gasteiger partial charge in [-0.3, -0.25) is 10.4 Å². The van der Waals surface area contributed by atoms with Crippen molar-refractivity contribution in [2.45, 2.75) is 6.42 Å². The molecule has 0 saturated carbocycles. The second kappa shape index (κ2) is 5.96. The number of rotatable bonds is 4. The molecule has 0 atom stereocenters. The highest BCUT2D eigenvalue weighted by Gasteiger charge is 2.06. The van der Waals surface area contributed by atoms with E-state index in [1.54, 1.807) is 6.20 Å². The van der Waals surface area contributed by atoms with E-state index < -0.39 is 0 Å². The molecule has 3 nitrogen and oxygen atoms in total. The molecule has 3 heteroatoms. The largest absolute Gasteiger partial charge is 0.359 e.